The van der Waals surface area contributed by atoms with Crippen LogP contribution in [0.5, 0.6) is 0 Å². The van der Waals surface area contributed by atoms with Gasteiger partial charge in [0, 0.05) is 17.0 Å². The third-order valence-corrected chi connectivity index (χ3v) is 5.56. The van der Waals surface area contributed by atoms with Crippen molar-refractivity contribution in [2.45, 2.75) is 32.0 Å². The van der Waals surface area contributed by atoms with Crippen LogP contribution in [-0.4, -0.2) is 21.0 Å². The molecule has 2 heterocycles. The summed E-state index contributed by atoms with van der Waals surface area (Å²) in [7, 11) is 0. The average molecular weight is 429 g/mol. The molecule has 0 unspecified atom stereocenters. The van der Waals surface area contributed by atoms with E-state index in [1.54, 1.807) is 0 Å². The quantitative estimate of drug-likeness (QED) is 0.541. The van der Waals surface area contributed by atoms with Crippen molar-refractivity contribution < 1.29 is 27.5 Å². The van der Waals surface area contributed by atoms with Crippen molar-refractivity contribution in [3.05, 3.63) is 61.8 Å². The highest BCUT2D eigenvalue weighted by atomic mass is 32.1. The lowest BCUT2D eigenvalue weighted by Crippen LogP contribution is -2.15. The van der Waals surface area contributed by atoms with Crippen molar-refractivity contribution in [1.29, 1.82) is 0 Å². The van der Waals surface area contributed by atoms with E-state index in [-0.39, 0.29) is 23.5 Å². The number of nitrogens with zero attached hydrogens (tertiary/aromatic N) is 1. The molecule has 0 bridgehead atoms. The summed E-state index contributed by atoms with van der Waals surface area (Å²) in [6, 6.07) is 2.18. The van der Waals surface area contributed by atoms with Crippen molar-refractivity contribution in [3.63, 3.8) is 0 Å². The fourth-order valence-corrected chi connectivity index (χ4v) is 4.27. The number of hydrogen-bond donors (Lipinski definition) is 3. The first-order chi connectivity index (χ1) is 13.6. The molecule has 0 atom stereocenters. The Balaban J connectivity index is 0.000000170. The third-order valence-electron chi connectivity index (χ3n) is 4.37. The first-order valence-corrected chi connectivity index (χ1v) is 9.27. The van der Waals surface area contributed by atoms with E-state index in [9.17, 15) is 27.2 Å². The van der Waals surface area contributed by atoms with Crippen molar-refractivity contribution >= 4 is 27.5 Å². The van der Waals surface area contributed by atoms with Crippen LogP contribution in [0.2, 0.25) is 0 Å². The molecule has 2 aromatic heterocycles. The predicted molar refractivity (Wildman–Crippen MR) is 98.5 cm³/mol. The van der Waals surface area contributed by atoms with Gasteiger partial charge in [0.15, 0.2) is 0 Å². The Hall–Kier alpha value is -2.79. The molecule has 1 aliphatic rings. The summed E-state index contributed by atoms with van der Waals surface area (Å²) < 4.78 is 48.9. The van der Waals surface area contributed by atoms with Gasteiger partial charge in [0.05, 0.1) is 10.9 Å². The van der Waals surface area contributed by atoms with E-state index in [1.807, 2.05) is 0 Å². The predicted octanol–water partition coefficient (Wildman–Crippen LogP) is 3.47. The highest BCUT2D eigenvalue weighted by Gasteiger charge is 2.30. The Morgan fingerprint density at radius 3 is 2.66 bits per heavy atom. The van der Waals surface area contributed by atoms with Gasteiger partial charge in [-0.2, -0.15) is 13.2 Å². The van der Waals surface area contributed by atoms with E-state index < -0.39 is 23.5 Å². The second-order valence-corrected chi connectivity index (χ2v) is 7.35. The molecule has 1 aromatic carbocycles. The number of aromatic amines is 1. The number of aromatic carboxylic acids is 1. The number of aromatic nitrogens is 2. The van der Waals surface area contributed by atoms with Crippen molar-refractivity contribution in [2.75, 3.05) is 0 Å². The normalized spacial score (nSPS) is 13.1. The van der Waals surface area contributed by atoms with Crippen LogP contribution in [0.25, 0.3) is 10.2 Å². The molecule has 3 aromatic rings. The molecule has 0 saturated carbocycles. The lowest BCUT2D eigenvalue weighted by atomic mass is 10.1. The van der Waals surface area contributed by atoms with Gasteiger partial charge in [-0.15, -0.1) is 11.3 Å². The number of thiophene rings is 1. The second kappa shape index (κ2) is 7.91. The summed E-state index contributed by atoms with van der Waals surface area (Å²) >= 11 is 1.44. The van der Waals surface area contributed by atoms with E-state index in [1.165, 1.54) is 16.2 Å². The van der Waals surface area contributed by atoms with E-state index >= 15 is 0 Å². The Labute approximate surface area is 165 Å². The Morgan fingerprint density at radius 2 is 2.03 bits per heavy atom. The Morgan fingerprint density at radius 1 is 1.31 bits per heavy atom. The Bertz CT molecular complexity index is 1140. The van der Waals surface area contributed by atoms with E-state index in [0.717, 1.165) is 37.0 Å². The average Bonchev–Trinajstić information content (AvgIpc) is 3.22. The molecule has 1 aliphatic carbocycles. The summed E-state index contributed by atoms with van der Waals surface area (Å²) in [6.07, 6.45) is -1.51. The number of hydrogen-bond acceptors (Lipinski definition) is 5. The van der Waals surface area contributed by atoms with E-state index in [2.05, 4.69) is 9.97 Å². The van der Waals surface area contributed by atoms with Crippen LogP contribution >= 0.6 is 11.3 Å². The standard InChI is InChI=1S/C10H8N2O3S.C8H7F4N/c13-8-6-4-2-1-3-5(4)16-9(6)12-7(11-8)10(14)15;9-7-2-1-6(8(10,11)12)3-5(7)4-13/h1-3H2,(H,14,15)(H,11,12,13);1-3H,4,13H2. The molecule has 0 spiro atoms. The van der Waals surface area contributed by atoms with Gasteiger partial charge in [-0.25, -0.2) is 14.2 Å². The molecule has 4 N–H and O–H groups in total. The summed E-state index contributed by atoms with van der Waals surface area (Å²) in [5.41, 5.74) is 4.77. The number of nitrogens with one attached hydrogen (secondary N) is 1. The summed E-state index contributed by atoms with van der Waals surface area (Å²) in [5.74, 6) is -2.19. The lowest BCUT2D eigenvalue weighted by Gasteiger charge is -2.08. The number of nitrogens with two attached hydrogens (primary N) is 1. The number of carbonyl (C=O) groups is 1. The molecule has 6 nitrogen and oxygen atoms in total. The van der Waals surface area contributed by atoms with Crippen molar-refractivity contribution in [3.8, 4) is 0 Å². The maximum absolute atomic E-state index is 12.7. The minimum Gasteiger partial charge on any atom is -0.475 e. The topological polar surface area (TPSA) is 109 Å². The van der Waals surface area contributed by atoms with Crippen molar-refractivity contribution in [2.24, 2.45) is 5.73 Å². The van der Waals surface area contributed by atoms with Crippen LogP contribution in [0.15, 0.2) is 23.0 Å². The SMILES string of the molecule is NCc1cc(C(F)(F)F)ccc1F.O=C(O)c1nc2sc3c(c2c(=O)[nH]1)CCC3. The number of rotatable bonds is 2. The van der Waals surface area contributed by atoms with Crippen LogP contribution in [0.3, 0.4) is 0 Å². The number of benzene rings is 1. The van der Waals surface area contributed by atoms with Gasteiger partial charge in [-0.05, 0) is 43.0 Å². The molecule has 0 saturated heterocycles. The molecule has 29 heavy (non-hydrogen) atoms. The maximum Gasteiger partial charge on any atom is 0.416 e. The number of carboxylic acids is 1. The number of aryl methyl sites for hydroxylation is 2. The van der Waals surface area contributed by atoms with Gasteiger partial charge in [0.25, 0.3) is 5.56 Å². The molecular weight excluding hydrogens is 414 g/mol. The van der Waals surface area contributed by atoms with E-state index in [4.69, 9.17) is 10.8 Å². The Kier molecular flexibility index (Phi) is 5.71. The monoisotopic (exact) mass is 429 g/mol. The molecule has 4 rings (SSSR count). The molecule has 11 heteroatoms. The smallest absolute Gasteiger partial charge is 0.416 e. The number of carboxylic acid groups (broad SMARTS) is 1. The number of fused-ring (bicyclic) bond motifs is 3. The van der Waals surface area contributed by atoms with Gasteiger partial charge >= 0.3 is 12.1 Å². The van der Waals surface area contributed by atoms with Gasteiger partial charge < -0.3 is 15.8 Å². The zero-order valence-electron chi connectivity index (χ0n) is 14.8. The first-order valence-electron chi connectivity index (χ1n) is 8.45. The highest BCUT2D eigenvalue weighted by molar-refractivity contribution is 7.18. The molecule has 0 radical (unpaired) electrons. The highest BCUT2D eigenvalue weighted by Crippen LogP contribution is 2.34. The molecule has 0 fully saturated rings. The zero-order chi connectivity index (χ0) is 21.3. The zero-order valence-corrected chi connectivity index (χ0v) is 15.6. The maximum atomic E-state index is 12.7. The van der Waals surface area contributed by atoms with E-state index in [0.29, 0.717) is 16.3 Å². The number of H-pyrrole nitrogens is 1. The molecule has 0 aliphatic heterocycles. The fraction of sp³-hybridized carbons (Fsp3) is 0.278. The minimum atomic E-state index is -4.45. The third kappa shape index (κ3) is 4.30. The van der Waals surface area contributed by atoms with Crippen LogP contribution in [-0.2, 0) is 25.6 Å². The van der Waals surface area contributed by atoms with Crippen LogP contribution < -0.4 is 11.3 Å². The number of halogens is 4. The van der Waals surface area contributed by atoms with Gasteiger partial charge in [-0.3, -0.25) is 4.79 Å². The summed E-state index contributed by atoms with van der Waals surface area (Å²) in [4.78, 5) is 30.5. The van der Waals surface area contributed by atoms with Crippen LogP contribution in [0, 0.1) is 5.82 Å². The summed E-state index contributed by atoms with van der Waals surface area (Å²) in [6.45, 7) is -0.240. The number of alkyl halides is 3. The van der Waals surface area contributed by atoms with Gasteiger partial charge in [0.1, 0.15) is 10.6 Å². The fourth-order valence-electron chi connectivity index (χ4n) is 3.01. The molecule has 0 amide bonds. The first kappa shape index (κ1) is 20.9. The lowest BCUT2D eigenvalue weighted by molar-refractivity contribution is -0.137. The van der Waals surface area contributed by atoms with Crippen LogP contribution in [0.4, 0.5) is 17.6 Å². The van der Waals surface area contributed by atoms with Crippen molar-refractivity contribution in [1.82, 2.24) is 9.97 Å². The van der Waals surface area contributed by atoms with Crippen LogP contribution in [0.1, 0.15) is 38.6 Å². The van der Waals surface area contributed by atoms with Gasteiger partial charge in [-0.1, -0.05) is 0 Å². The molecule has 154 valence electrons. The largest absolute Gasteiger partial charge is 0.475 e. The summed E-state index contributed by atoms with van der Waals surface area (Å²) in [5, 5.41) is 9.37. The van der Waals surface area contributed by atoms with Gasteiger partial charge in [0.2, 0.25) is 5.82 Å². The molecular formula is C18H15F4N3O3S. The minimum absolute atomic E-state index is 0.130. The second-order valence-electron chi connectivity index (χ2n) is 6.27.